The Morgan fingerprint density at radius 1 is 1.62 bits per heavy atom. The number of nitrogens with one attached hydrogen (secondary N) is 1. The number of rotatable bonds is 3. The van der Waals surface area contributed by atoms with Crippen molar-refractivity contribution in [3.05, 3.63) is 23.8 Å². The van der Waals surface area contributed by atoms with Crippen molar-refractivity contribution in [2.24, 2.45) is 5.73 Å². The zero-order valence-electron chi connectivity index (χ0n) is 8.82. The standard InChI is InChI=1S/C10H11BN2O2S/c1-2-15-8-4-3-6(11)5-7(8)9(14)13-10(12)16/h3-5H,2H2,1H3,(H3,12,13,14,16). The molecule has 0 aliphatic carbocycles. The van der Waals surface area contributed by atoms with Gasteiger partial charge in [0.1, 0.15) is 13.6 Å². The molecule has 0 aromatic heterocycles. The van der Waals surface area contributed by atoms with E-state index < -0.39 is 5.91 Å². The van der Waals surface area contributed by atoms with Gasteiger partial charge in [-0.3, -0.25) is 10.1 Å². The van der Waals surface area contributed by atoms with E-state index >= 15 is 0 Å². The number of carbonyl (C=O) groups excluding carboxylic acids is 1. The average Bonchev–Trinajstić information content (AvgIpc) is 2.20. The summed E-state index contributed by atoms with van der Waals surface area (Å²) >= 11 is 4.59. The summed E-state index contributed by atoms with van der Waals surface area (Å²) in [5, 5.41) is 2.23. The van der Waals surface area contributed by atoms with E-state index in [1.54, 1.807) is 12.1 Å². The number of ether oxygens (including phenoxy) is 1. The topological polar surface area (TPSA) is 64.3 Å². The fraction of sp³-hybridized carbons (Fsp3) is 0.200. The van der Waals surface area contributed by atoms with Crippen molar-refractivity contribution in [1.82, 2.24) is 5.32 Å². The van der Waals surface area contributed by atoms with Gasteiger partial charge < -0.3 is 10.5 Å². The van der Waals surface area contributed by atoms with Crippen LogP contribution < -0.4 is 21.3 Å². The Labute approximate surface area is 101 Å². The lowest BCUT2D eigenvalue weighted by Crippen LogP contribution is -2.35. The van der Waals surface area contributed by atoms with Crippen molar-refractivity contribution < 1.29 is 9.53 Å². The van der Waals surface area contributed by atoms with Gasteiger partial charge in [-0.25, -0.2) is 0 Å². The van der Waals surface area contributed by atoms with Gasteiger partial charge in [0.05, 0.1) is 12.2 Å². The van der Waals surface area contributed by atoms with Crippen LogP contribution in [0.1, 0.15) is 17.3 Å². The van der Waals surface area contributed by atoms with Crippen LogP contribution in [0.5, 0.6) is 5.75 Å². The predicted molar refractivity (Wildman–Crippen MR) is 67.3 cm³/mol. The molecular weight excluding hydrogens is 223 g/mol. The quantitative estimate of drug-likeness (QED) is 0.564. The maximum Gasteiger partial charge on any atom is 0.261 e. The molecule has 1 rings (SSSR count). The highest BCUT2D eigenvalue weighted by atomic mass is 32.1. The summed E-state index contributed by atoms with van der Waals surface area (Å²) in [5.74, 6) is 0.0219. The van der Waals surface area contributed by atoms with Crippen molar-refractivity contribution in [1.29, 1.82) is 0 Å². The molecule has 2 radical (unpaired) electrons. The van der Waals surface area contributed by atoms with Crippen LogP contribution in [0.2, 0.25) is 0 Å². The van der Waals surface area contributed by atoms with E-state index in [1.807, 2.05) is 6.92 Å². The van der Waals surface area contributed by atoms with Gasteiger partial charge >= 0.3 is 0 Å². The molecule has 0 saturated carbocycles. The molecule has 3 N–H and O–H groups in total. The zero-order valence-corrected chi connectivity index (χ0v) is 9.64. The van der Waals surface area contributed by atoms with Gasteiger partial charge in [0, 0.05) is 0 Å². The fourth-order valence-electron chi connectivity index (χ4n) is 1.19. The molecule has 0 unspecified atom stereocenters. The average molecular weight is 234 g/mol. The monoisotopic (exact) mass is 234 g/mol. The van der Waals surface area contributed by atoms with E-state index in [9.17, 15) is 4.79 Å². The lowest BCUT2D eigenvalue weighted by molar-refractivity contribution is 0.0974. The number of nitrogens with two attached hydrogens (primary N) is 1. The molecule has 0 fully saturated rings. The molecule has 0 aliphatic rings. The number of thiocarbonyl (C=S) groups is 1. The molecule has 4 nitrogen and oxygen atoms in total. The zero-order chi connectivity index (χ0) is 12.1. The molecule has 0 atom stereocenters. The summed E-state index contributed by atoms with van der Waals surface area (Å²) in [7, 11) is 5.59. The minimum Gasteiger partial charge on any atom is -0.493 e. The second-order valence-electron chi connectivity index (χ2n) is 3.01. The molecular formula is C10H11BN2O2S. The second-order valence-corrected chi connectivity index (χ2v) is 3.45. The van der Waals surface area contributed by atoms with Crippen molar-refractivity contribution >= 4 is 36.5 Å². The van der Waals surface area contributed by atoms with Gasteiger partial charge in [-0.05, 0) is 25.2 Å². The highest BCUT2D eigenvalue weighted by molar-refractivity contribution is 7.80. The number of benzene rings is 1. The van der Waals surface area contributed by atoms with Crippen LogP contribution in [0.15, 0.2) is 18.2 Å². The molecule has 16 heavy (non-hydrogen) atoms. The largest absolute Gasteiger partial charge is 0.493 e. The van der Waals surface area contributed by atoms with E-state index in [4.69, 9.17) is 18.3 Å². The van der Waals surface area contributed by atoms with Crippen LogP contribution in [0.25, 0.3) is 0 Å². The molecule has 0 bridgehead atoms. The molecule has 0 aliphatic heterocycles. The van der Waals surface area contributed by atoms with Gasteiger partial charge in [0.25, 0.3) is 5.91 Å². The van der Waals surface area contributed by atoms with Crippen LogP contribution in [0.3, 0.4) is 0 Å². The third-order valence-corrected chi connectivity index (χ3v) is 1.89. The summed E-state index contributed by atoms with van der Waals surface area (Å²) < 4.78 is 5.29. The number of carbonyl (C=O) groups is 1. The molecule has 0 heterocycles. The number of hydrogen-bond acceptors (Lipinski definition) is 3. The normalized spacial score (nSPS) is 9.56. The van der Waals surface area contributed by atoms with Gasteiger partial charge in [0.2, 0.25) is 0 Å². The van der Waals surface area contributed by atoms with Crippen molar-refractivity contribution in [2.45, 2.75) is 6.92 Å². The fourth-order valence-corrected chi connectivity index (χ4v) is 1.28. The first kappa shape index (κ1) is 12.5. The Kier molecular flexibility index (Phi) is 4.31. The number of hydrogen-bond donors (Lipinski definition) is 2. The SMILES string of the molecule is [B]c1ccc(OCC)c(C(=O)NC(N)=S)c1. The highest BCUT2D eigenvalue weighted by Crippen LogP contribution is 2.16. The summed E-state index contributed by atoms with van der Waals surface area (Å²) in [5.41, 5.74) is 6.00. The first-order chi connectivity index (χ1) is 7.54. The maximum atomic E-state index is 11.7. The van der Waals surface area contributed by atoms with Crippen molar-refractivity contribution in [3.8, 4) is 5.75 Å². The highest BCUT2D eigenvalue weighted by Gasteiger charge is 2.12. The molecule has 0 saturated heterocycles. The van der Waals surface area contributed by atoms with Crippen LogP contribution in [-0.2, 0) is 0 Å². The second kappa shape index (κ2) is 5.51. The minimum absolute atomic E-state index is 0.0881. The molecule has 1 aromatic carbocycles. The van der Waals surface area contributed by atoms with E-state index in [0.29, 0.717) is 23.4 Å². The van der Waals surface area contributed by atoms with Crippen LogP contribution in [0.4, 0.5) is 0 Å². The third kappa shape index (κ3) is 3.24. The lowest BCUT2D eigenvalue weighted by Gasteiger charge is -2.10. The molecule has 82 valence electrons. The van der Waals surface area contributed by atoms with Gasteiger partial charge in [-0.15, -0.1) is 0 Å². The Morgan fingerprint density at radius 2 is 2.31 bits per heavy atom. The van der Waals surface area contributed by atoms with E-state index in [1.165, 1.54) is 6.07 Å². The van der Waals surface area contributed by atoms with Crippen LogP contribution in [0, 0.1) is 0 Å². The Morgan fingerprint density at radius 3 is 2.88 bits per heavy atom. The van der Waals surface area contributed by atoms with Crippen LogP contribution >= 0.6 is 12.2 Å². The Balaban J connectivity index is 3.03. The molecule has 1 amide bonds. The molecule has 0 spiro atoms. The van der Waals surface area contributed by atoms with Crippen molar-refractivity contribution in [3.63, 3.8) is 0 Å². The van der Waals surface area contributed by atoms with E-state index in [0.717, 1.165) is 0 Å². The van der Waals surface area contributed by atoms with Crippen LogP contribution in [-0.4, -0.2) is 25.5 Å². The smallest absolute Gasteiger partial charge is 0.261 e. The first-order valence-electron chi connectivity index (χ1n) is 4.67. The Hall–Kier alpha value is -1.56. The summed E-state index contributed by atoms with van der Waals surface area (Å²) in [6.07, 6.45) is 0. The summed E-state index contributed by atoms with van der Waals surface area (Å²) in [6.45, 7) is 2.28. The number of amides is 1. The lowest BCUT2D eigenvalue weighted by atomic mass is 9.94. The van der Waals surface area contributed by atoms with Crippen molar-refractivity contribution in [2.75, 3.05) is 6.61 Å². The summed E-state index contributed by atoms with van der Waals surface area (Å²) in [6, 6.07) is 4.80. The van der Waals surface area contributed by atoms with E-state index in [-0.39, 0.29) is 5.11 Å². The first-order valence-corrected chi connectivity index (χ1v) is 5.08. The van der Waals surface area contributed by atoms with Gasteiger partial charge in [-0.2, -0.15) is 0 Å². The third-order valence-electron chi connectivity index (χ3n) is 1.78. The Bertz CT molecular complexity index is 423. The van der Waals surface area contributed by atoms with Gasteiger partial charge in [-0.1, -0.05) is 17.6 Å². The minimum atomic E-state index is -0.428. The molecule has 1 aromatic rings. The van der Waals surface area contributed by atoms with E-state index in [2.05, 4.69) is 17.5 Å². The summed E-state index contributed by atoms with van der Waals surface area (Å²) in [4.78, 5) is 11.7. The maximum absolute atomic E-state index is 11.7. The van der Waals surface area contributed by atoms with Gasteiger partial charge in [0.15, 0.2) is 5.11 Å². The predicted octanol–water partition coefficient (Wildman–Crippen LogP) is -0.148. The molecule has 6 heteroatoms.